The Bertz CT molecular complexity index is 381. The molecular formula is C12H18N4O2. The van der Waals surface area contributed by atoms with Crippen molar-refractivity contribution in [3.63, 3.8) is 0 Å². The van der Waals surface area contributed by atoms with Crippen LogP contribution in [0.15, 0.2) is 30.3 Å². The van der Waals surface area contributed by atoms with Crippen LogP contribution in [-0.2, 0) is 11.3 Å². The molecule has 0 unspecified atom stereocenters. The molecule has 0 aliphatic heterocycles. The summed E-state index contributed by atoms with van der Waals surface area (Å²) in [5, 5.41) is 5.31. The van der Waals surface area contributed by atoms with Gasteiger partial charge in [-0.3, -0.25) is 10.2 Å². The lowest BCUT2D eigenvalue weighted by Crippen LogP contribution is -2.39. The number of nitrogens with one attached hydrogen (secondary N) is 4. The van der Waals surface area contributed by atoms with Gasteiger partial charge in [0.25, 0.3) is 0 Å². The van der Waals surface area contributed by atoms with E-state index in [1.807, 2.05) is 30.3 Å². The molecule has 0 radical (unpaired) electrons. The van der Waals surface area contributed by atoms with Crippen LogP contribution in [0.5, 0.6) is 0 Å². The van der Waals surface area contributed by atoms with Crippen LogP contribution in [0.1, 0.15) is 12.0 Å². The monoisotopic (exact) mass is 250 g/mol. The number of rotatable bonds is 6. The van der Waals surface area contributed by atoms with E-state index in [-0.39, 0.29) is 18.4 Å². The van der Waals surface area contributed by atoms with Gasteiger partial charge in [0.2, 0.25) is 5.91 Å². The van der Waals surface area contributed by atoms with Crippen LogP contribution in [0.3, 0.4) is 0 Å². The number of carbonyl (C=O) groups excluding carboxylic acids is 2. The van der Waals surface area contributed by atoms with Crippen molar-refractivity contribution in [2.24, 2.45) is 0 Å². The molecule has 0 saturated carbocycles. The van der Waals surface area contributed by atoms with Gasteiger partial charge in [-0.2, -0.15) is 0 Å². The van der Waals surface area contributed by atoms with E-state index < -0.39 is 0 Å². The third-order valence-corrected chi connectivity index (χ3v) is 2.20. The summed E-state index contributed by atoms with van der Waals surface area (Å²) in [6.07, 6.45) is 0.236. The van der Waals surface area contributed by atoms with E-state index in [1.165, 1.54) is 0 Å². The van der Waals surface area contributed by atoms with Gasteiger partial charge in [-0.05, 0) is 5.56 Å². The molecule has 0 atom stereocenters. The molecule has 0 saturated heterocycles. The minimum absolute atomic E-state index is 0.166. The smallest absolute Gasteiger partial charge is 0.315 e. The van der Waals surface area contributed by atoms with Crippen molar-refractivity contribution in [3.8, 4) is 0 Å². The number of hydrogen-bond acceptors (Lipinski definition) is 3. The Hall–Kier alpha value is -2.08. The zero-order valence-electron chi connectivity index (χ0n) is 10.3. The highest BCUT2D eigenvalue weighted by Gasteiger charge is 2.02. The number of urea groups is 1. The van der Waals surface area contributed by atoms with Crippen molar-refractivity contribution in [3.05, 3.63) is 35.9 Å². The fourth-order valence-corrected chi connectivity index (χ4v) is 1.33. The third-order valence-electron chi connectivity index (χ3n) is 2.20. The van der Waals surface area contributed by atoms with Gasteiger partial charge in [-0.25, -0.2) is 10.2 Å². The zero-order chi connectivity index (χ0) is 13.2. The van der Waals surface area contributed by atoms with Gasteiger partial charge in [0.15, 0.2) is 0 Å². The lowest BCUT2D eigenvalue weighted by Gasteiger charge is -2.07. The Labute approximate surface area is 106 Å². The molecule has 0 aromatic heterocycles. The number of hydrazine groups is 1. The van der Waals surface area contributed by atoms with Gasteiger partial charge < -0.3 is 10.6 Å². The quantitative estimate of drug-likeness (QED) is 0.541. The summed E-state index contributed by atoms with van der Waals surface area (Å²) in [6.45, 7) is 0.767. The van der Waals surface area contributed by atoms with Gasteiger partial charge in [-0.1, -0.05) is 30.3 Å². The second kappa shape index (κ2) is 8.08. The molecule has 1 aromatic rings. The Morgan fingerprint density at radius 2 is 1.83 bits per heavy atom. The first-order chi connectivity index (χ1) is 8.72. The summed E-state index contributed by atoms with van der Waals surface area (Å²) < 4.78 is 0. The molecule has 3 amide bonds. The van der Waals surface area contributed by atoms with Crippen molar-refractivity contribution in [2.45, 2.75) is 13.0 Å². The molecule has 0 fully saturated rings. The van der Waals surface area contributed by atoms with Gasteiger partial charge >= 0.3 is 6.03 Å². The fourth-order valence-electron chi connectivity index (χ4n) is 1.33. The minimum atomic E-state index is -0.281. The van der Waals surface area contributed by atoms with Crippen LogP contribution in [0.4, 0.5) is 4.79 Å². The van der Waals surface area contributed by atoms with E-state index in [0.717, 1.165) is 5.56 Å². The van der Waals surface area contributed by atoms with Crippen LogP contribution in [0.25, 0.3) is 0 Å². The predicted molar refractivity (Wildman–Crippen MR) is 68.5 cm³/mol. The van der Waals surface area contributed by atoms with E-state index in [2.05, 4.69) is 21.5 Å². The number of benzene rings is 1. The maximum atomic E-state index is 11.4. The summed E-state index contributed by atoms with van der Waals surface area (Å²) in [5.74, 6) is -0.166. The van der Waals surface area contributed by atoms with E-state index in [4.69, 9.17) is 0 Å². The lowest BCUT2D eigenvalue weighted by atomic mass is 10.2. The van der Waals surface area contributed by atoms with E-state index in [0.29, 0.717) is 13.1 Å². The van der Waals surface area contributed by atoms with Gasteiger partial charge in [0, 0.05) is 26.6 Å². The van der Waals surface area contributed by atoms with Gasteiger partial charge in [0.05, 0.1) is 0 Å². The Kier molecular flexibility index (Phi) is 6.27. The summed E-state index contributed by atoms with van der Waals surface area (Å²) in [5.41, 5.74) is 5.97. The number of carbonyl (C=O) groups is 2. The molecule has 1 aromatic carbocycles. The summed E-state index contributed by atoms with van der Waals surface area (Å²) in [4.78, 5) is 22.4. The molecule has 0 spiro atoms. The van der Waals surface area contributed by atoms with E-state index >= 15 is 0 Å². The Morgan fingerprint density at radius 3 is 2.50 bits per heavy atom. The number of hydrogen-bond donors (Lipinski definition) is 4. The summed E-state index contributed by atoms with van der Waals surface area (Å²) in [7, 11) is 1.61. The van der Waals surface area contributed by atoms with Crippen molar-refractivity contribution in [1.82, 2.24) is 21.5 Å². The zero-order valence-corrected chi connectivity index (χ0v) is 10.3. The Morgan fingerprint density at radius 1 is 1.11 bits per heavy atom. The molecule has 0 bridgehead atoms. The van der Waals surface area contributed by atoms with Crippen LogP contribution in [0, 0.1) is 0 Å². The molecule has 0 heterocycles. The molecule has 0 aliphatic carbocycles. The molecule has 0 aliphatic rings. The first-order valence-electron chi connectivity index (χ1n) is 5.73. The van der Waals surface area contributed by atoms with E-state index in [9.17, 15) is 9.59 Å². The van der Waals surface area contributed by atoms with Crippen LogP contribution >= 0.6 is 0 Å². The first kappa shape index (κ1) is 14.0. The van der Waals surface area contributed by atoms with Crippen molar-refractivity contribution < 1.29 is 9.59 Å². The van der Waals surface area contributed by atoms with Crippen molar-refractivity contribution in [2.75, 3.05) is 13.6 Å². The van der Waals surface area contributed by atoms with Crippen LogP contribution in [-0.4, -0.2) is 25.5 Å². The van der Waals surface area contributed by atoms with Crippen molar-refractivity contribution >= 4 is 11.9 Å². The highest BCUT2D eigenvalue weighted by molar-refractivity contribution is 5.77. The third kappa shape index (κ3) is 5.86. The van der Waals surface area contributed by atoms with E-state index in [1.54, 1.807) is 7.05 Å². The SMILES string of the molecule is CNNC(=O)CCNC(=O)NCc1ccccc1. The molecule has 4 N–H and O–H groups in total. The maximum Gasteiger partial charge on any atom is 0.315 e. The molecule has 6 heteroatoms. The highest BCUT2D eigenvalue weighted by Crippen LogP contribution is 1.96. The van der Waals surface area contributed by atoms with Crippen molar-refractivity contribution in [1.29, 1.82) is 0 Å². The number of amides is 3. The highest BCUT2D eigenvalue weighted by atomic mass is 16.2. The summed E-state index contributed by atoms with van der Waals surface area (Å²) in [6, 6.07) is 9.33. The van der Waals surface area contributed by atoms with Crippen LogP contribution < -0.4 is 21.5 Å². The Balaban J connectivity index is 2.13. The largest absolute Gasteiger partial charge is 0.338 e. The summed E-state index contributed by atoms with van der Waals surface area (Å²) >= 11 is 0. The molecule has 18 heavy (non-hydrogen) atoms. The second-order valence-corrected chi connectivity index (χ2v) is 3.64. The average molecular weight is 250 g/mol. The second-order valence-electron chi connectivity index (χ2n) is 3.64. The standard InChI is InChI=1S/C12H18N4O2/c1-13-16-11(17)7-8-14-12(18)15-9-10-5-3-2-4-6-10/h2-6,13H,7-9H2,1H3,(H,16,17)(H2,14,15,18). The van der Waals surface area contributed by atoms with Gasteiger partial charge in [-0.15, -0.1) is 0 Å². The fraction of sp³-hybridized carbons (Fsp3) is 0.333. The van der Waals surface area contributed by atoms with Gasteiger partial charge in [0.1, 0.15) is 0 Å². The molecular weight excluding hydrogens is 232 g/mol. The normalized spacial score (nSPS) is 9.61. The topological polar surface area (TPSA) is 82.3 Å². The molecule has 1 rings (SSSR count). The predicted octanol–water partition coefficient (Wildman–Crippen LogP) is 0.127. The molecule has 98 valence electrons. The lowest BCUT2D eigenvalue weighted by molar-refractivity contribution is -0.121. The molecule has 6 nitrogen and oxygen atoms in total. The first-order valence-corrected chi connectivity index (χ1v) is 5.73. The minimum Gasteiger partial charge on any atom is -0.338 e. The van der Waals surface area contributed by atoms with Crippen LogP contribution in [0.2, 0.25) is 0 Å². The maximum absolute atomic E-state index is 11.4. The average Bonchev–Trinajstić information content (AvgIpc) is 2.38.